The van der Waals surface area contributed by atoms with Gasteiger partial charge >= 0.3 is 0 Å². The lowest BCUT2D eigenvalue weighted by atomic mass is 10.0. The summed E-state index contributed by atoms with van der Waals surface area (Å²) in [7, 11) is 0. The number of aromatic nitrogens is 2. The van der Waals surface area contributed by atoms with Gasteiger partial charge in [-0.15, -0.1) is 0 Å². The van der Waals surface area contributed by atoms with E-state index in [1.807, 2.05) is 0 Å². The number of likely N-dealkylation sites (tertiary alicyclic amines) is 1. The van der Waals surface area contributed by atoms with E-state index in [1.165, 1.54) is 18.3 Å². The number of carbonyl (C=O) groups excluding carboxylic acids is 2. The van der Waals surface area contributed by atoms with Crippen molar-refractivity contribution in [2.24, 2.45) is 0 Å². The molecule has 3 fully saturated rings. The normalized spacial score (nSPS) is 27.1. The van der Waals surface area contributed by atoms with Crippen LogP contribution in [0.2, 0.25) is 0 Å². The van der Waals surface area contributed by atoms with Gasteiger partial charge < -0.3 is 14.5 Å². The van der Waals surface area contributed by atoms with Gasteiger partial charge in [-0.25, -0.2) is 4.39 Å². The Labute approximate surface area is 148 Å². The molecule has 1 aromatic heterocycles. The van der Waals surface area contributed by atoms with Crippen LogP contribution in [0.4, 0.5) is 4.39 Å². The van der Waals surface area contributed by atoms with E-state index in [1.54, 1.807) is 21.9 Å². The van der Waals surface area contributed by atoms with Crippen LogP contribution >= 0.6 is 0 Å². The van der Waals surface area contributed by atoms with Gasteiger partial charge in [0.05, 0.1) is 36.5 Å². The maximum absolute atomic E-state index is 13.6. The monoisotopic (exact) mass is 356 g/mol. The lowest BCUT2D eigenvalue weighted by Crippen LogP contribution is -2.48. The number of carbonyl (C=O) groups is 2. The molecule has 2 atom stereocenters. The summed E-state index contributed by atoms with van der Waals surface area (Å²) in [6, 6.07) is 5.73. The number of aromatic amines is 1. The standard InChI is InChI=1S/C18H17FN4O3/c19-12-3-1-2-11(8-12)16-13(10-20-21-16)17(25)22-5-4-18-14(22)9-15(24)23(18)6-7-26-18/h1-3,8,10,14H,4-7,9H2,(H,20,21)/t14-,18+/m1/s1. The first-order valence-electron chi connectivity index (χ1n) is 8.65. The van der Waals surface area contributed by atoms with Crippen LogP contribution in [-0.4, -0.2) is 63.3 Å². The molecule has 3 saturated heterocycles. The van der Waals surface area contributed by atoms with Crippen LogP contribution in [-0.2, 0) is 9.53 Å². The molecule has 7 nitrogen and oxygen atoms in total. The predicted octanol–water partition coefficient (Wildman–Crippen LogP) is 1.39. The van der Waals surface area contributed by atoms with Gasteiger partial charge in [0.25, 0.3) is 5.91 Å². The summed E-state index contributed by atoms with van der Waals surface area (Å²) in [5, 5.41) is 6.78. The SMILES string of the molecule is O=C(c1cn[nH]c1-c1cccc(F)c1)N1CC[C@@]23OCCN2C(=O)C[C@@H]13. The summed E-state index contributed by atoms with van der Waals surface area (Å²) in [4.78, 5) is 29.0. The molecule has 26 heavy (non-hydrogen) atoms. The van der Waals surface area contributed by atoms with E-state index in [9.17, 15) is 14.0 Å². The van der Waals surface area contributed by atoms with E-state index in [2.05, 4.69) is 10.2 Å². The number of ether oxygens (including phenoxy) is 1. The number of hydrogen-bond acceptors (Lipinski definition) is 4. The van der Waals surface area contributed by atoms with Gasteiger partial charge in [0.1, 0.15) is 5.82 Å². The maximum atomic E-state index is 13.6. The van der Waals surface area contributed by atoms with Crippen LogP contribution in [0.5, 0.6) is 0 Å². The Hall–Kier alpha value is -2.74. The summed E-state index contributed by atoms with van der Waals surface area (Å²) in [5.41, 5.74) is 0.733. The summed E-state index contributed by atoms with van der Waals surface area (Å²) in [6.07, 6.45) is 2.35. The molecule has 1 spiro atoms. The molecule has 0 radical (unpaired) electrons. The second-order valence-corrected chi connectivity index (χ2v) is 6.88. The first-order chi connectivity index (χ1) is 12.6. The van der Waals surface area contributed by atoms with Gasteiger partial charge in [-0.05, 0) is 12.1 Å². The highest BCUT2D eigenvalue weighted by Gasteiger charge is 2.63. The number of halogens is 1. The smallest absolute Gasteiger partial charge is 0.258 e. The number of rotatable bonds is 2. The van der Waals surface area contributed by atoms with Crippen LogP contribution in [0.1, 0.15) is 23.2 Å². The third kappa shape index (κ3) is 1.99. The molecule has 0 bridgehead atoms. The van der Waals surface area contributed by atoms with Crippen molar-refractivity contribution in [3.05, 3.63) is 41.8 Å². The van der Waals surface area contributed by atoms with Crippen LogP contribution in [0.15, 0.2) is 30.5 Å². The minimum Gasteiger partial charge on any atom is -0.351 e. The van der Waals surface area contributed by atoms with Gasteiger partial charge in [0, 0.05) is 25.1 Å². The number of benzene rings is 1. The van der Waals surface area contributed by atoms with Crippen LogP contribution in [0, 0.1) is 5.82 Å². The molecule has 134 valence electrons. The van der Waals surface area contributed by atoms with Gasteiger partial charge in [-0.2, -0.15) is 5.10 Å². The number of nitrogens with zero attached hydrogens (tertiary/aromatic N) is 3. The topological polar surface area (TPSA) is 78.5 Å². The first kappa shape index (κ1) is 15.5. The lowest BCUT2D eigenvalue weighted by Gasteiger charge is -2.31. The van der Waals surface area contributed by atoms with Crippen molar-refractivity contribution in [3.8, 4) is 11.3 Å². The molecule has 1 aromatic carbocycles. The zero-order chi connectivity index (χ0) is 17.9. The Morgan fingerprint density at radius 1 is 1.38 bits per heavy atom. The van der Waals surface area contributed by atoms with Crippen molar-refractivity contribution in [3.63, 3.8) is 0 Å². The predicted molar refractivity (Wildman–Crippen MR) is 88.4 cm³/mol. The third-order valence-electron chi connectivity index (χ3n) is 5.64. The summed E-state index contributed by atoms with van der Waals surface area (Å²) in [5.74, 6) is -0.570. The molecule has 0 saturated carbocycles. The average molecular weight is 356 g/mol. The molecule has 2 aromatic rings. The molecule has 5 rings (SSSR count). The Balaban J connectivity index is 1.49. The Bertz CT molecular complexity index is 913. The summed E-state index contributed by atoms with van der Waals surface area (Å²) in [6.45, 7) is 1.60. The summed E-state index contributed by atoms with van der Waals surface area (Å²) < 4.78 is 19.5. The molecule has 0 unspecified atom stereocenters. The van der Waals surface area contributed by atoms with Crippen molar-refractivity contribution in [1.82, 2.24) is 20.0 Å². The maximum Gasteiger partial charge on any atom is 0.258 e. The Kier molecular flexibility index (Phi) is 3.21. The highest BCUT2D eigenvalue weighted by atomic mass is 19.1. The van der Waals surface area contributed by atoms with Gasteiger partial charge in [0.2, 0.25) is 5.91 Å². The fourth-order valence-electron chi connectivity index (χ4n) is 4.50. The van der Waals surface area contributed by atoms with E-state index >= 15 is 0 Å². The van der Waals surface area contributed by atoms with E-state index in [4.69, 9.17) is 4.74 Å². The molecule has 3 aliphatic heterocycles. The van der Waals surface area contributed by atoms with Crippen molar-refractivity contribution >= 4 is 11.8 Å². The highest BCUT2D eigenvalue weighted by molar-refractivity contribution is 6.00. The van der Waals surface area contributed by atoms with Crippen LogP contribution in [0.3, 0.4) is 0 Å². The zero-order valence-electron chi connectivity index (χ0n) is 13.9. The Morgan fingerprint density at radius 2 is 2.27 bits per heavy atom. The van der Waals surface area contributed by atoms with E-state index in [0.717, 1.165) is 0 Å². The van der Waals surface area contributed by atoms with Crippen molar-refractivity contribution in [2.45, 2.75) is 24.6 Å². The zero-order valence-corrected chi connectivity index (χ0v) is 13.9. The third-order valence-corrected chi connectivity index (χ3v) is 5.64. The van der Waals surface area contributed by atoms with Crippen LogP contribution in [0.25, 0.3) is 11.3 Å². The molecule has 3 aliphatic rings. The molecule has 1 N–H and O–H groups in total. The van der Waals surface area contributed by atoms with Crippen molar-refractivity contribution < 1.29 is 18.7 Å². The number of hydrogen-bond donors (Lipinski definition) is 1. The fourth-order valence-corrected chi connectivity index (χ4v) is 4.50. The van der Waals surface area contributed by atoms with Gasteiger partial charge in [-0.1, -0.05) is 12.1 Å². The van der Waals surface area contributed by atoms with Gasteiger partial charge in [-0.3, -0.25) is 14.7 Å². The van der Waals surface area contributed by atoms with Crippen molar-refractivity contribution in [1.29, 1.82) is 0 Å². The second kappa shape index (κ2) is 5.38. The quantitative estimate of drug-likeness (QED) is 0.882. The largest absolute Gasteiger partial charge is 0.351 e. The van der Waals surface area contributed by atoms with Crippen molar-refractivity contribution in [2.75, 3.05) is 19.7 Å². The number of H-pyrrole nitrogens is 1. The van der Waals surface area contributed by atoms with E-state index < -0.39 is 5.72 Å². The molecule has 4 heterocycles. The molecule has 0 aliphatic carbocycles. The second-order valence-electron chi connectivity index (χ2n) is 6.88. The lowest BCUT2D eigenvalue weighted by molar-refractivity contribution is -0.136. The van der Waals surface area contributed by atoms with Gasteiger partial charge in [0.15, 0.2) is 5.72 Å². The highest BCUT2D eigenvalue weighted by Crippen LogP contribution is 2.46. The number of amides is 2. The first-order valence-corrected chi connectivity index (χ1v) is 8.65. The van der Waals surface area contributed by atoms with E-state index in [0.29, 0.717) is 42.9 Å². The summed E-state index contributed by atoms with van der Waals surface area (Å²) >= 11 is 0. The minimum absolute atomic E-state index is 0.0301. The Morgan fingerprint density at radius 3 is 3.12 bits per heavy atom. The molecular weight excluding hydrogens is 339 g/mol. The minimum atomic E-state index is -0.671. The number of nitrogens with one attached hydrogen (secondary N) is 1. The molecular formula is C18H17FN4O3. The van der Waals surface area contributed by atoms with Crippen LogP contribution < -0.4 is 0 Å². The molecule has 8 heteroatoms. The molecule has 2 amide bonds. The fraction of sp³-hybridized carbons (Fsp3) is 0.389. The average Bonchev–Trinajstić information content (AvgIpc) is 3.37. The van der Waals surface area contributed by atoms with E-state index in [-0.39, 0.29) is 30.1 Å².